The van der Waals surface area contributed by atoms with Crippen LogP contribution < -0.4 is 4.74 Å². The fraction of sp³-hybridized carbons (Fsp3) is 0.647. The number of benzene rings is 1. The molecule has 1 N–H and O–H groups in total. The molecule has 3 aliphatic rings. The van der Waals surface area contributed by atoms with Crippen molar-refractivity contribution in [3.8, 4) is 5.75 Å². The molecule has 0 heterocycles. The van der Waals surface area contributed by atoms with Crippen molar-refractivity contribution in [1.29, 1.82) is 0 Å². The maximum atomic E-state index is 14.1. The van der Waals surface area contributed by atoms with Crippen molar-refractivity contribution in [3.05, 3.63) is 29.6 Å². The molecule has 3 aliphatic carbocycles. The van der Waals surface area contributed by atoms with Crippen LogP contribution in [0.2, 0.25) is 0 Å². The highest BCUT2D eigenvalue weighted by Gasteiger charge is 2.66. The molecule has 108 valence electrons. The first-order valence-corrected chi connectivity index (χ1v) is 7.70. The number of aliphatic hydroxyl groups is 1. The third-order valence-electron chi connectivity index (χ3n) is 5.93. The Kier molecular flexibility index (Phi) is 2.81. The van der Waals surface area contributed by atoms with Crippen LogP contribution in [0, 0.1) is 35.4 Å². The van der Waals surface area contributed by atoms with Crippen LogP contribution >= 0.6 is 0 Å². The molecule has 2 bridgehead atoms. The van der Waals surface area contributed by atoms with Crippen LogP contribution in [0.3, 0.4) is 0 Å². The first-order chi connectivity index (χ1) is 9.70. The van der Waals surface area contributed by atoms with Crippen LogP contribution in [0.1, 0.15) is 24.8 Å². The molecule has 0 aliphatic heterocycles. The predicted molar refractivity (Wildman–Crippen MR) is 74.0 cm³/mol. The van der Waals surface area contributed by atoms with Crippen molar-refractivity contribution in [2.45, 2.75) is 31.8 Å². The Balaban J connectivity index is 1.48. The summed E-state index contributed by atoms with van der Waals surface area (Å²) >= 11 is 0. The molecule has 0 radical (unpaired) electrons. The lowest BCUT2D eigenvalue weighted by Crippen LogP contribution is -2.19. The molecule has 1 aromatic rings. The summed E-state index contributed by atoms with van der Waals surface area (Å²) < 4.78 is 19.1. The predicted octanol–water partition coefficient (Wildman–Crippen LogP) is 3.03. The molecule has 5 atom stereocenters. The molecular weight excluding hydrogens is 255 g/mol. The number of hydrogen-bond acceptors (Lipinski definition) is 2. The van der Waals surface area contributed by atoms with E-state index >= 15 is 0 Å². The Bertz CT molecular complexity index is 514. The molecule has 1 aromatic carbocycles. The van der Waals surface area contributed by atoms with E-state index in [0.717, 1.165) is 23.7 Å². The Labute approximate surface area is 119 Å². The van der Waals surface area contributed by atoms with E-state index in [0.29, 0.717) is 17.9 Å². The lowest BCUT2D eigenvalue weighted by Gasteiger charge is -2.16. The average Bonchev–Trinajstić information content (AvgIpc) is 2.90. The van der Waals surface area contributed by atoms with Crippen LogP contribution in [0.4, 0.5) is 4.39 Å². The van der Waals surface area contributed by atoms with E-state index in [1.54, 1.807) is 18.2 Å². The highest BCUT2D eigenvalue weighted by Crippen LogP contribution is 2.70. The summed E-state index contributed by atoms with van der Waals surface area (Å²) in [7, 11) is 1.47. The van der Waals surface area contributed by atoms with Crippen LogP contribution in [0.25, 0.3) is 0 Å². The second-order valence-electron chi connectivity index (χ2n) is 6.77. The highest BCUT2D eigenvalue weighted by atomic mass is 19.1. The van der Waals surface area contributed by atoms with Gasteiger partial charge in [-0.2, -0.15) is 0 Å². The summed E-state index contributed by atoms with van der Waals surface area (Å²) in [5.74, 6) is 3.54. The van der Waals surface area contributed by atoms with Crippen molar-refractivity contribution in [3.63, 3.8) is 0 Å². The van der Waals surface area contributed by atoms with Gasteiger partial charge >= 0.3 is 0 Å². The van der Waals surface area contributed by atoms with E-state index in [4.69, 9.17) is 4.74 Å². The quantitative estimate of drug-likeness (QED) is 0.916. The zero-order valence-corrected chi connectivity index (χ0v) is 11.8. The first kappa shape index (κ1) is 12.6. The van der Waals surface area contributed by atoms with Crippen LogP contribution in [0.5, 0.6) is 5.75 Å². The minimum absolute atomic E-state index is 0.269. The van der Waals surface area contributed by atoms with E-state index in [9.17, 15) is 9.50 Å². The molecule has 20 heavy (non-hydrogen) atoms. The van der Waals surface area contributed by atoms with E-state index in [2.05, 4.69) is 0 Å². The summed E-state index contributed by atoms with van der Waals surface area (Å²) in [4.78, 5) is 0. The topological polar surface area (TPSA) is 29.5 Å². The van der Waals surface area contributed by atoms with Crippen LogP contribution in [0.15, 0.2) is 18.2 Å². The summed E-state index contributed by atoms with van der Waals surface area (Å²) in [6, 6.07) is 5.17. The molecule has 0 amide bonds. The van der Waals surface area contributed by atoms with Crippen molar-refractivity contribution in [1.82, 2.24) is 0 Å². The Morgan fingerprint density at radius 3 is 2.65 bits per heavy atom. The molecule has 0 spiro atoms. The van der Waals surface area contributed by atoms with E-state index in [1.165, 1.54) is 26.4 Å². The van der Waals surface area contributed by atoms with Gasteiger partial charge in [-0.25, -0.2) is 4.39 Å². The third kappa shape index (κ3) is 1.72. The maximum absolute atomic E-state index is 14.1. The van der Waals surface area contributed by atoms with Crippen molar-refractivity contribution >= 4 is 0 Å². The van der Waals surface area contributed by atoms with Gasteiger partial charge < -0.3 is 9.84 Å². The van der Waals surface area contributed by atoms with E-state index in [1.807, 2.05) is 0 Å². The van der Waals surface area contributed by atoms with Gasteiger partial charge in [0.15, 0.2) is 11.6 Å². The average molecular weight is 276 g/mol. The second-order valence-corrected chi connectivity index (χ2v) is 6.77. The standard InChI is InChI=1S/C17H21FO2/c1-20-13-4-2-3-11(17(13)18)8-12(19)16-14-9-5-6-10(7-9)15(14)16/h2-4,9-10,12,14-16,19H,5-8H2,1H3. The Morgan fingerprint density at radius 2 is 2.00 bits per heavy atom. The lowest BCUT2D eigenvalue weighted by molar-refractivity contribution is 0.127. The van der Waals surface area contributed by atoms with Gasteiger partial charge in [-0.15, -0.1) is 0 Å². The van der Waals surface area contributed by atoms with Crippen LogP contribution in [-0.2, 0) is 6.42 Å². The van der Waals surface area contributed by atoms with Gasteiger partial charge in [0, 0.05) is 6.42 Å². The number of methoxy groups -OCH3 is 1. The fourth-order valence-electron chi connectivity index (χ4n) is 5.14. The first-order valence-electron chi connectivity index (χ1n) is 7.70. The molecule has 3 saturated carbocycles. The SMILES string of the molecule is COc1cccc(CC(O)C2C3C4CCC(C4)C23)c1F. The number of aliphatic hydroxyl groups excluding tert-OH is 1. The van der Waals surface area contributed by atoms with E-state index < -0.39 is 6.10 Å². The lowest BCUT2D eigenvalue weighted by atomic mass is 9.95. The van der Waals surface area contributed by atoms with Crippen molar-refractivity contribution < 1.29 is 14.2 Å². The third-order valence-corrected chi connectivity index (χ3v) is 5.93. The minimum atomic E-state index is -0.394. The number of ether oxygens (including phenoxy) is 1. The molecule has 5 unspecified atom stereocenters. The summed E-state index contributed by atoms with van der Waals surface area (Å²) in [5.41, 5.74) is 0.578. The van der Waals surface area contributed by atoms with Crippen molar-refractivity contribution in [2.75, 3.05) is 7.11 Å². The van der Waals surface area contributed by atoms with Gasteiger partial charge in [0.25, 0.3) is 0 Å². The monoisotopic (exact) mass is 276 g/mol. The van der Waals surface area contributed by atoms with Gasteiger partial charge in [0.1, 0.15) is 0 Å². The second kappa shape index (κ2) is 4.45. The maximum Gasteiger partial charge on any atom is 0.168 e. The smallest absolute Gasteiger partial charge is 0.168 e. The van der Waals surface area contributed by atoms with Crippen molar-refractivity contribution in [2.24, 2.45) is 29.6 Å². The zero-order valence-electron chi connectivity index (χ0n) is 11.8. The van der Waals surface area contributed by atoms with Gasteiger partial charge in [0.05, 0.1) is 13.2 Å². The number of hydrogen-bond donors (Lipinski definition) is 1. The number of halogens is 1. The molecular formula is C17H21FO2. The molecule has 3 fully saturated rings. The zero-order chi connectivity index (χ0) is 13.9. The summed E-state index contributed by atoms with van der Waals surface area (Å²) in [6.45, 7) is 0. The largest absolute Gasteiger partial charge is 0.494 e. The Morgan fingerprint density at radius 1 is 1.30 bits per heavy atom. The van der Waals surface area contributed by atoms with Gasteiger partial charge in [-0.3, -0.25) is 0 Å². The Hall–Kier alpha value is -1.09. The molecule has 0 saturated heterocycles. The molecule has 3 heteroatoms. The molecule has 2 nitrogen and oxygen atoms in total. The highest BCUT2D eigenvalue weighted by molar-refractivity contribution is 5.32. The minimum Gasteiger partial charge on any atom is -0.494 e. The number of rotatable bonds is 4. The van der Waals surface area contributed by atoms with Crippen LogP contribution in [-0.4, -0.2) is 18.3 Å². The molecule has 4 rings (SSSR count). The fourth-order valence-corrected chi connectivity index (χ4v) is 5.14. The normalized spacial score (nSPS) is 38.6. The van der Waals surface area contributed by atoms with Gasteiger partial charge in [-0.05, 0) is 60.5 Å². The van der Waals surface area contributed by atoms with Gasteiger partial charge in [-0.1, -0.05) is 12.1 Å². The summed E-state index contributed by atoms with van der Waals surface area (Å²) in [6.07, 6.45) is 4.10. The van der Waals surface area contributed by atoms with E-state index in [-0.39, 0.29) is 11.6 Å². The summed E-state index contributed by atoms with van der Waals surface area (Å²) in [5, 5.41) is 10.5. The number of fused-ring (bicyclic) bond motifs is 5. The van der Waals surface area contributed by atoms with Gasteiger partial charge in [0.2, 0.25) is 0 Å². The molecule has 0 aromatic heterocycles.